The maximum atomic E-state index is 13.4. The first kappa shape index (κ1) is 25.3. The zero-order chi connectivity index (χ0) is 23.2. The van der Waals surface area contributed by atoms with Crippen molar-refractivity contribution in [1.29, 1.82) is 0 Å². The van der Waals surface area contributed by atoms with Crippen molar-refractivity contribution in [2.45, 2.75) is 58.7 Å². The average Bonchev–Trinajstić information content (AvgIpc) is 3.02. The second-order valence-electron chi connectivity index (χ2n) is 7.37. The molecule has 31 heavy (non-hydrogen) atoms. The van der Waals surface area contributed by atoms with E-state index in [1.165, 1.54) is 12.4 Å². The summed E-state index contributed by atoms with van der Waals surface area (Å²) in [6.45, 7) is 7.89. The molecule has 1 amide bonds. The highest BCUT2D eigenvalue weighted by Crippen LogP contribution is 2.46. The number of benzene rings is 1. The molecule has 1 saturated heterocycles. The Kier molecular flexibility index (Phi) is 8.58. The molecular formula is C19H29N2O9P. The van der Waals surface area contributed by atoms with Gasteiger partial charge in [0, 0.05) is 0 Å². The number of ether oxygens (including phenoxy) is 3. The van der Waals surface area contributed by atoms with Crippen LogP contribution in [-0.2, 0) is 32.9 Å². The molecule has 0 bridgehead atoms. The molecule has 1 heterocycles. The zero-order valence-corrected chi connectivity index (χ0v) is 19.0. The normalized spacial score (nSPS) is 22.9. The molecule has 0 radical (unpaired) electrons. The van der Waals surface area contributed by atoms with Crippen molar-refractivity contribution in [2.75, 3.05) is 13.2 Å². The monoisotopic (exact) mass is 460 g/mol. The first-order chi connectivity index (χ1) is 14.5. The minimum atomic E-state index is -4.13. The number of aryl methyl sites for hydroxylation is 1. The van der Waals surface area contributed by atoms with E-state index in [2.05, 4.69) is 5.09 Å². The van der Waals surface area contributed by atoms with Gasteiger partial charge in [-0.15, -0.1) is 0 Å². The molecule has 1 aliphatic rings. The van der Waals surface area contributed by atoms with Gasteiger partial charge in [0.1, 0.15) is 17.9 Å². The van der Waals surface area contributed by atoms with Gasteiger partial charge in [-0.05, 0) is 46.8 Å². The van der Waals surface area contributed by atoms with Crippen molar-refractivity contribution in [2.24, 2.45) is 0 Å². The standard InChI is InChI=1S/C19H29N2O9P/c1-6-26-18(23)13(3)21-31(25,30-14-9-7-12(2)8-10-14)27-11-15-16(17(22)20-24)29-19(4,5)28-15/h7-10,13,15-16,24H,6,11H2,1-5H3,(H,20,22)(H,21,25)/t13-,15-,16-,31?/m1/s1. The SMILES string of the molecule is CCOC(=O)[C@@H](C)NP(=O)(OC[C@H]1OC(C)(C)O[C@H]1C(=O)NO)Oc1ccc(C)cc1. The average molecular weight is 460 g/mol. The van der Waals surface area contributed by atoms with E-state index in [0.29, 0.717) is 0 Å². The van der Waals surface area contributed by atoms with E-state index in [1.807, 2.05) is 6.92 Å². The molecule has 2 rings (SSSR count). The third-order valence-electron chi connectivity index (χ3n) is 4.20. The lowest BCUT2D eigenvalue weighted by molar-refractivity contribution is -0.160. The highest BCUT2D eigenvalue weighted by Gasteiger charge is 2.46. The second kappa shape index (κ2) is 10.5. The fourth-order valence-electron chi connectivity index (χ4n) is 2.80. The van der Waals surface area contributed by atoms with E-state index >= 15 is 0 Å². The van der Waals surface area contributed by atoms with Crippen LogP contribution in [0.5, 0.6) is 5.75 Å². The quantitative estimate of drug-likeness (QED) is 0.206. The van der Waals surface area contributed by atoms with E-state index in [9.17, 15) is 14.2 Å². The molecule has 1 aromatic rings. The van der Waals surface area contributed by atoms with Crippen LogP contribution in [0, 0.1) is 6.92 Å². The van der Waals surface area contributed by atoms with Crippen LogP contribution in [0.1, 0.15) is 33.3 Å². The van der Waals surface area contributed by atoms with Crippen LogP contribution in [0.4, 0.5) is 0 Å². The maximum Gasteiger partial charge on any atom is 0.459 e. The molecule has 1 aromatic carbocycles. The van der Waals surface area contributed by atoms with E-state index in [1.54, 1.807) is 45.0 Å². The minimum Gasteiger partial charge on any atom is -0.465 e. The molecule has 4 atom stereocenters. The fraction of sp³-hybridized carbons (Fsp3) is 0.579. The third kappa shape index (κ3) is 7.27. The van der Waals surface area contributed by atoms with Crippen LogP contribution >= 0.6 is 7.75 Å². The summed E-state index contributed by atoms with van der Waals surface area (Å²) in [4.78, 5) is 23.9. The number of esters is 1. The first-order valence-electron chi connectivity index (χ1n) is 9.73. The van der Waals surface area contributed by atoms with Crippen LogP contribution in [0.15, 0.2) is 24.3 Å². The summed E-state index contributed by atoms with van der Waals surface area (Å²) in [7, 11) is -4.13. The number of carbonyl (C=O) groups excluding carboxylic acids is 2. The molecule has 0 aliphatic carbocycles. The lowest BCUT2D eigenvalue weighted by Crippen LogP contribution is -2.42. The van der Waals surface area contributed by atoms with Crippen molar-refractivity contribution in [3.63, 3.8) is 0 Å². The Morgan fingerprint density at radius 3 is 2.48 bits per heavy atom. The Balaban J connectivity index is 2.19. The van der Waals surface area contributed by atoms with Gasteiger partial charge >= 0.3 is 13.7 Å². The summed E-state index contributed by atoms with van der Waals surface area (Å²) < 4.78 is 40.5. The van der Waals surface area contributed by atoms with Crippen molar-refractivity contribution in [3.8, 4) is 5.75 Å². The zero-order valence-electron chi connectivity index (χ0n) is 18.1. The molecule has 11 nitrogen and oxygen atoms in total. The third-order valence-corrected chi connectivity index (χ3v) is 5.84. The molecule has 1 unspecified atom stereocenters. The summed E-state index contributed by atoms with van der Waals surface area (Å²) in [6, 6.07) is 5.70. The highest BCUT2D eigenvalue weighted by atomic mass is 31.2. The Morgan fingerprint density at radius 1 is 1.26 bits per heavy atom. The van der Waals surface area contributed by atoms with Crippen molar-refractivity contribution in [1.82, 2.24) is 10.6 Å². The lowest BCUT2D eigenvalue weighted by atomic mass is 10.2. The number of amides is 1. The van der Waals surface area contributed by atoms with Gasteiger partial charge < -0.3 is 18.7 Å². The van der Waals surface area contributed by atoms with E-state index < -0.39 is 50.3 Å². The molecule has 1 fully saturated rings. The summed E-state index contributed by atoms with van der Waals surface area (Å²) in [5.74, 6) is -2.39. The molecule has 174 valence electrons. The number of hydroxylamine groups is 1. The van der Waals surface area contributed by atoms with Gasteiger partial charge in [-0.2, -0.15) is 5.09 Å². The van der Waals surface area contributed by atoms with E-state index in [-0.39, 0.29) is 12.4 Å². The number of hydrogen-bond acceptors (Lipinski definition) is 9. The summed E-state index contributed by atoms with van der Waals surface area (Å²) >= 11 is 0. The van der Waals surface area contributed by atoms with Gasteiger partial charge in [-0.3, -0.25) is 19.3 Å². The molecule has 0 saturated carbocycles. The van der Waals surface area contributed by atoms with Gasteiger partial charge in [0.25, 0.3) is 5.91 Å². The molecule has 3 N–H and O–H groups in total. The molecule has 12 heteroatoms. The smallest absolute Gasteiger partial charge is 0.459 e. The number of nitrogens with one attached hydrogen (secondary N) is 2. The van der Waals surface area contributed by atoms with E-state index in [4.69, 9.17) is 28.5 Å². The van der Waals surface area contributed by atoms with Crippen LogP contribution in [0.25, 0.3) is 0 Å². The largest absolute Gasteiger partial charge is 0.465 e. The Labute approximate surface area is 180 Å². The van der Waals surface area contributed by atoms with Gasteiger partial charge in [0.15, 0.2) is 11.9 Å². The second-order valence-corrected chi connectivity index (χ2v) is 9.06. The first-order valence-corrected chi connectivity index (χ1v) is 11.3. The molecule has 1 aliphatic heterocycles. The van der Waals surface area contributed by atoms with Gasteiger partial charge in [-0.25, -0.2) is 10.0 Å². The van der Waals surface area contributed by atoms with Gasteiger partial charge in [0.2, 0.25) is 0 Å². The van der Waals surface area contributed by atoms with Crippen LogP contribution in [0.3, 0.4) is 0 Å². The molecular weight excluding hydrogens is 431 g/mol. The Hall–Kier alpha value is -2.01. The predicted molar refractivity (Wildman–Crippen MR) is 108 cm³/mol. The van der Waals surface area contributed by atoms with Crippen molar-refractivity contribution in [3.05, 3.63) is 29.8 Å². The van der Waals surface area contributed by atoms with Crippen molar-refractivity contribution >= 4 is 19.6 Å². The summed E-state index contributed by atoms with van der Waals surface area (Å²) in [5, 5.41) is 11.5. The summed E-state index contributed by atoms with van der Waals surface area (Å²) in [5.41, 5.74) is 2.47. The molecule has 0 spiro atoms. The molecule has 0 aromatic heterocycles. The van der Waals surface area contributed by atoms with Crippen molar-refractivity contribution < 1.29 is 42.6 Å². The predicted octanol–water partition coefficient (Wildman–Crippen LogP) is 2.07. The topological polar surface area (TPSA) is 142 Å². The number of hydrogen-bond donors (Lipinski definition) is 3. The Morgan fingerprint density at radius 2 is 1.90 bits per heavy atom. The number of carbonyl (C=O) groups is 2. The van der Waals surface area contributed by atoms with Crippen LogP contribution in [0.2, 0.25) is 0 Å². The van der Waals surface area contributed by atoms with Crippen LogP contribution < -0.4 is 15.1 Å². The maximum absolute atomic E-state index is 13.4. The van der Waals surface area contributed by atoms with Crippen LogP contribution in [-0.4, -0.2) is 54.3 Å². The van der Waals surface area contributed by atoms with E-state index in [0.717, 1.165) is 5.56 Å². The fourth-order valence-corrected chi connectivity index (χ4v) is 4.30. The van der Waals surface area contributed by atoms with Gasteiger partial charge in [0.05, 0.1) is 13.2 Å². The minimum absolute atomic E-state index is 0.148. The lowest BCUT2D eigenvalue weighted by Gasteiger charge is -2.24. The van der Waals surface area contributed by atoms with Gasteiger partial charge in [-0.1, -0.05) is 17.7 Å². The Bertz CT molecular complexity index is 815. The highest BCUT2D eigenvalue weighted by molar-refractivity contribution is 7.52. The summed E-state index contributed by atoms with van der Waals surface area (Å²) in [6.07, 6.45) is -2.22. The number of rotatable bonds is 10.